The van der Waals surface area contributed by atoms with Gasteiger partial charge in [0.15, 0.2) is 5.60 Å². The maximum absolute atomic E-state index is 11.2. The quantitative estimate of drug-likeness (QED) is 0.727. The third-order valence-corrected chi connectivity index (χ3v) is 2.46. The lowest BCUT2D eigenvalue weighted by molar-refractivity contribution is 0.0384. The van der Waals surface area contributed by atoms with E-state index in [9.17, 15) is 4.79 Å². The van der Waals surface area contributed by atoms with E-state index in [1.807, 2.05) is 13.8 Å². The van der Waals surface area contributed by atoms with Crippen LogP contribution in [0.3, 0.4) is 0 Å². The first kappa shape index (κ1) is 9.45. The highest BCUT2D eigenvalue weighted by Crippen LogP contribution is 2.34. The molecule has 0 aliphatic carbocycles. The first-order chi connectivity index (χ1) is 6.49. The van der Waals surface area contributed by atoms with Crippen molar-refractivity contribution < 1.29 is 9.53 Å². The molecular weight excluding hydrogens is 248 g/mol. The van der Waals surface area contributed by atoms with E-state index in [0.717, 1.165) is 10.3 Å². The molecule has 4 nitrogen and oxygen atoms in total. The minimum atomic E-state index is -0.679. The van der Waals surface area contributed by atoms with Crippen molar-refractivity contribution in [3.63, 3.8) is 0 Å². The van der Waals surface area contributed by atoms with Crippen molar-refractivity contribution in [3.05, 3.63) is 22.4 Å². The fourth-order valence-electron chi connectivity index (χ4n) is 1.41. The van der Waals surface area contributed by atoms with Gasteiger partial charge in [0.25, 0.3) is 0 Å². The number of ether oxygens (including phenoxy) is 1. The minimum absolute atomic E-state index is 0.438. The Morgan fingerprint density at radius 3 is 2.93 bits per heavy atom. The average molecular weight is 257 g/mol. The van der Waals surface area contributed by atoms with Crippen LogP contribution in [0.2, 0.25) is 0 Å². The summed E-state index contributed by atoms with van der Waals surface area (Å²) < 4.78 is 5.85. The molecule has 1 aliphatic rings. The second kappa shape index (κ2) is 2.95. The lowest BCUT2D eigenvalue weighted by Gasteiger charge is -2.31. The highest BCUT2D eigenvalue weighted by atomic mass is 79.9. The molecule has 0 fully saturated rings. The fraction of sp³-hybridized carbons (Fsp3) is 0.333. The second-order valence-corrected chi connectivity index (χ2v) is 4.37. The molecule has 0 saturated heterocycles. The Labute approximate surface area is 89.8 Å². The van der Waals surface area contributed by atoms with Crippen molar-refractivity contribution in [3.8, 4) is 0 Å². The number of amides is 1. The number of hydrogen-bond acceptors (Lipinski definition) is 3. The summed E-state index contributed by atoms with van der Waals surface area (Å²) in [7, 11) is 0. The molecular formula is C9H9BrN2O2. The Balaban J connectivity index is 2.58. The number of cyclic esters (lactones) is 1. The standard InChI is InChI=1S/C9H9BrN2O2/c1-9(2)7-5(11-8(13)14-9)3-4-6(10)12-7/h3-4H,1-2H3,(H,11,13). The number of pyridine rings is 1. The number of anilines is 1. The van der Waals surface area contributed by atoms with Gasteiger partial charge in [0, 0.05) is 0 Å². The smallest absolute Gasteiger partial charge is 0.412 e. The van der Waals surface area contributed by atoms with Gasteiger partial charge in [-0.25, -0.2) is 9.78 Å². The third-order valence-electron chi connectivity index (χ3n) is 2.02. The first-order valence-corrected chi connectivity index (χ1v) is 4.95. The van der Waals surface area contributed by atoms with Crippen molar-refractivity contribution in [2.45, 2.75) is 19.4 Å². The van der Waals surface area contributed by atoms with Gasteiger partial charge < -0.3 is 4.74 Å². The lowest BCUT2D eigenvalue weighted by Crippen LogP contribution is -2.35. The molecule has 0 unspecified atom stereocenters. The molecule has 14 heavy (non-hydrogen) atoms. The van der Waals surface area contributed by atoms with Gasteiger partial charge in [-0.1, -0.05) is 0 Å². The van der Waals surface area contributed by atoms with Gasteiger partial charge in [0.2, 0.25) is 0 Å². The molecule has 2 heterocycles. The fourth-order valence-corrected chi connectivity index (χ4v) is 1.72. The molecule has 1 amide bonds. The molecule has 1 aliphatic heterocycles. The van der Waals surface area contributed by atoms with E-state index < -0.39 is 11.7 Å². The van der Waals surface area contributed by atoms with Crippen LogP contribution in [0.25, 0.3) is 0 Å². The van der Waals surface area contributed by atoms with Crippen LogP contribution in [0.15, 0.2) is 16.7 Å². The van der Waals surface area contributed by atoms with Crippen LogP contribution < -0.4 is 5.32 Å². The largest absolute Gasteiger partial charge is 0.437 e. The zero-order valence-corrected chi connectivity index (χ0v) is 9.38. The van der Waals surface area contributed by atoms with Gasteiger partial charge in [-0.15, -0.1) is 0 Å². The van der Waals surface area contributed by atoms with Crippen LogP contribution in [0.5, 0.6) is 0 Å². The normalized spacial score (nSPS) is 18.1. The average Bonchev–Trinajstić information content (AvgIpc) is 2.05. The molecule has 0 atom stereocenters. The molecule has 0 spiro atoms. The molecule has 1 N–H and O–H groups in total. The zero-order valence-electron chi connectivity index (χ0n) is 7.80. The van der Waals surface area contributed by atoms with Gasteiger partial charge in [-0.3, -0.25) is 5.32 Å². The molecule has 1 aromatic rings. The Bertz CT molecular complexity index is 404. The topological polar surface area (TPSA) is 51.2 Å². The number of nitrogens with one attached hydrogen (secondary N) is 1. The number of rotatable bonds is 0. The van der Waals surface area contributed by atoms with E-state index in [4.69, 9.17) is 4.74 Å². The van der Waals surface area contributed by atoms with E-state index >= 15 is 0 Å². The summed E-state index contributed by atoms with van der Waals surface area (Å²) in [4.78, 5) is 15.4. The summed E-state index contributed by atoms with van der Waals surface area (Å²) in [5, 5.41) is 2.60. The van der Waals surface area contributed by atoms with Gasteiger partial charge >= 0.3 is 6.09 Å². The summed E-state index contributed by atoms with van der Waals surface area (Å²) in [6.07, 6.45) is -0.438. The molecule has 5 heteroatoms. The number of fused-ring (bicyclic) bond motifs is 1. The number of carbonyl (C=O) groups is 1. The summed E-state index contributed by atoms with van der Waals surface area (Å²) in [5.41, 5.74) is 0.752. The second-order valence-electron chi connectivity index (χ2n) is 3.55. The molecule has 74 valence electrons. The van der Waals surface area contributed by atoms with E-state index in [0.29, 0.717) is 5.69 Å². The van der Waals surface area contributed by atoms with Gasteiger partial charge in [-0.05, 0) is 41.9 Å². The summed E-state index contributed by atoms with van der Waals surface area (Å²) in [5.74, 6) is 0. The highest BCUT2D eigenvalue weighted by molar-refractivity contribution is 9.10. The monoisotopic (exact) mass is 256 g/mol. The molecule has 0 saturated carbocycles. The van der Waals surface area contributed by atoms with Gasteiger partial charge in [0.1, 0.15) is 10.3 Å². The Morgan fingerprint density at radius 1 is 1.50 bits per heavy atom. The molecule has 0 radical (unpaired) electrons. The Morgan fingerprint density at radius 2 is 2.21 bits per heavy atom. The maximum Gasteiger partial charge on any atom is 0.412 e. The zero-order chi connectivity index (χ0) is 10.3. The predicted molar refractivity (Wildman–Crippen MR) is 55.1 cm³/mol. The molecule has 0 aromatic carbocycles. The Hall–Kier alpha value is -1.10. The summed E-state index contributed by atoms with van der Waals surface area (Å²) >= 11 is 3.28. The molecule has 1 aromatic heterocycles. The predicted octanol–water partition coefficient (Wildman–Crippen LogP) is 2.64. The van der Waals surface area contributed by atoms with Crippen LogP contribution in [-0.4, -0.2) is 11.1 Å². The van der Waals surface area contributed by atoms with Crippen LogP contribution in [-0.2, 0) is 10.3 Å². The number of nitrogens with zero attached hydrogens (tertiary/aromatic N) is 1. The van der Waals surface area contributed by atoms with Gasteiger partial charge in [0.05, 0.1) is 5.69 Å². The maximum atomic E-state index is 11.2. The lowest BCUT2D eigenvalue weighted by atomic mass is 10.0. The minimum Gasteiger partial charge on any atom is -0.437 e. The van der Waals surface area contributed by atoms with Crippen molar-refractivity contribution in [1.82, 2.24) is 4.98 Å². The first-order valence-electron chi connectivity index (χ1n) is 4.16. The van der Waals surface area contributed by atoms with E-state index in [-0.39, 0.29) is 0 Å². The van der Waals surface area contributed by atoms with Crippen molar-refractivity contribution in [1.29, 1.82) is 0 Å². The van der Waals surface area contributed by atoms with Crippen molar-refractivity contribution in [2.24, 2.45) is 0 Å². The van der Waals surface area contributed by atoms with Gasteiger partial charge in [-0.2, -0.15) is 0 Å². The third kappa shape index (κ3) is 1.48. The van der Waals surface area contributed by atoms with E-state index in [1.165, 1.54) is 0 Å². The SMILES string of the molecule is CC1(C)OC(=O)Nc2ccc(Br)nc21. The number of hydrogen-bond donors (Lipinski definition) is 1. The van der Waals surface area contributed by atoms with E-state index in [1.54, 1.807) is 12.1 Å². The van der Waals surface area contributed by atoms with Crippen LogP contribution >= 0.6 is 15.9 Å². The molecule has 0 bridgehead atoms. The van der Waals surface area contributed by atoms with Crippen LogP contribution in [0.1, 0.15) is 19.5 Å². The number of aromatic nitrogens is 1. The van der Waals surface area contributed by atoms with Crippen LogP contribution in [0, 0.1) is 0 Å². The Kier molecular flexibility index (Phi) is 1.99. The number of carbonyl (C=O) groups excluding carboxylic acids is 1. The van der Waals surface area contributed by atoms with Crippen LogP contribution in [0.4, 0.5) is 10.5 Å². The van der Waals surface area contributed by atoms with Crippen molar-refractivity contribution in [2.75, 3.05) is 5.32 Å². The van der Waals surface area contributed by atoms with E-state index in [2.05, 4.69) is 26.2 Å². The van der Waals surface area contributed by atoms with Crippen molar-refractivity contribution >= 4 is 27.7 Å². The molecule has 2 rings (SSSR count). The highest BCUT2D eigenvalue weighted by Gasteiger charge is 2.34. The number of halogens is 1. The summed E-state index contributed by atoms with van der Waals surface area (Å²) in [6.45, 7) is 3.62. The summed E-state index contributed by atoms with van der Waals surface area (Å²) in [6, 6.07) is 3.58.